The van der Waals surface area contributed by atoms with Crippen molar-refractivity contribution in [1.82, 2.24) is 0 Å². The van der Waals surface area contributed by atoms with Gasteiger partial charge in [-0.25, -0.2) is 0 Å². The molecule has 0 radical (unpaired) electrons. The zero-order valence-corrected chi connectivity index (χ0v) is 22.5. The molecule has 0 saturated carbocycles. The topological polar surface area (TPSA) is 46.5 Å². The maximum atomic E-state index is 12.0. The number of ether oxygens (including phenoxy) is 1. The number of carboxylic acids is 1. The first kappa shape index (κ1) is 24.4. The van der Waals surface area contributed by atoms with Crippen molar-refractivity contribution < 1.29 is 14.6 Å². The van der Waals surface area contributed by atoms with Crippen molar-refractivity contribution in [3.05, 3.63) is 119 Å². The molecular formula is C36H34O3. The number of aliphatic carboxylic acids is 1. The normalized spacial score (nSPS) is 18.4. The average molecular weight is 515 g/mol. The minimum Gasteiger partial charge on any atom is -0.481 e. The molecule has 0 unspecified atom stereocenters. The predicted molar refractivity (Wildman–Crippen MR) is 155 cm³/mol. The van der Waals surface area contributed by atoms with Gasteiger partial charge in [-0.3, -0.25) is 4.79 Å². The molecule has 4 aromatic rings. The van der Waals surface area contributed by atoms with Crippen molar-refractivity contribution in [1.29, 1.82) is 0 Å². The highest BCUT2D eigenvalue weighted by molar-refractivity contribution is 5.82. The van der Waals surface area contributed by atoms with E-state index in [4.69, 9.17) is 4.74 Å². The molecule has 1 saturated heterocycles. The van der Waals surface area contributed by atoms with Crippen molar-refractivity contribution in [2.45, 2.75) is 49.9 Å². The maximum absolute atomic E-state index is 12.0. The molecule has 0 spiro atoms. The van der Waals surface area contributed by atoms with Crippen molar-refractivity contribution in [3.63, 3.8) is 0 Å². The van der Waals surface area contributed by atoms with Crippen LogP contribution in [0.15, 0.2) is 97.1 Å². The van der Waals surface area contributed by atoms with Gasteiger partial charge in [0.05, 0.1) is 13.2 Å². The van der Waals surface area contributed by atoms with Crippen LogP contribution in [0.2, 0.25) is 0 Å². The van der Waals surface area contributed by atoms with E-state index < -0.39 is 5.97 Å². The molecule has 1 aliphatic heterocycles. The van der Waals surface area contributed by atoms with Crippen LogP contribution in [-0.4, -0.2) is 24.3 Å². The first-order valence-corrected chi connectivity index (χ1v) is 14.2. The zero-order valence-electron chi connectivity index (χ0n) is 22.5. The minimum absolute atomic E-state index is 0.0658. The summed E-state index contributed by atoms with van der Waals surface area (Å²) in [4.78, 5) is 12.0. The van der Waals surface area contributed by atoms with Crippen LogP contribution in [0.25, 0.3) is 22.3 Å². The van der Waals surface area contributed by atoms with Crippen molar-refractivity contribution >= 4 is 5.97 Å². The summed E-state index contributed by atoms with van der Waals surface area (Å²) in [5.74, 6) is -0.737. The molecule has 7 rings (SSSR count). The Hall–Kier alpha value is -3.69. The Bertz CT molecular complexity index is 1490. The summed E-state index contributed by atoms with van der Waals surface area (Å²) in [6.45, 7) is 3.74. The Morgan fingerprint density at radius 2 is 1.05 bits per heavy atom. The maximum Gasteiger partial charge on any atom is 0.303 e. The lowest BCUT2D eigenvalue weighted by Gasteiger charge is -2.52. The summed E-state index contributed by atoms with van der Waals surface area (Å²) < 4.78 is 6.05. The molecule has 1 N–H and O–H groups in total. The fourth-order valence-corrected chi connectivity index (χ4v) is 8.33. The van der Waals surface area contributed by atoms with Crippen molar-refractivity contribution in [2.24, 2.45) is 5.41 Å². The number of carbonyl (C=O) groups is 1. The number of benzene rings is 4. The van der Waals surface area contributed by atoms with Gasteiger partial charge in [-0.15, -0.1) is 0 Å². The second kappa shape index (κ2) is 8.93. The quantitative estimate of drug-likeness (QED) is 0.259. The summed E-state index contributed by atoms with van der Waals surface area (Å²) in [5, 5.41) is 9.86. The van der Waals surface area contributed by atoms with Gasteiger partial charge in [0.15, 0.2) is 0 Å². The summed E-state index contributed by atoms with van der Waals surface area (Å²) >= 11 is 0. The molecule has 4 aromatic carbocycles. The summed E-state index contributed by atoms with van der Waals surface area (Å²) in [6.07, 6.45) is 3.61. The van der Waals surface area contributed by atoms with Gasteiger partial charge in [0.25, 0.3) is 0 Å². The number of fused-ring (bicyclic) bond motifs is 6. The van der Waals surface area contributed by atoms with E-state index in [0.717, 1.165) is 19.3 Å². The van der Waals surface area contributed by atoms with Gasteiger partial charge in [0.1, 0.15) is 0 Å². The molecule has 3 heteroatoms. The van der Waals surface area contributed by atoms with E-state index in [2.05, 4.69) is 104 Å². The Morgan fingerprint density at radius 3 is 1.41 bits per heavy atom. The van der Waals surface area contributed by atoms with Crippen LogP contribution in [-0.2, 0) is 20.4 Å². The number of rotatable bonds is 8. The molecule has 1 fully saturated rings. The third-order valence-corrected chi connectivity index (χ3v) is 9.89. The molecule has 2 aliphatic carbocycles. The van der Waals surface area contributed by atoms with Gasteiger partial charge in [-0.05, 0) is 70.2 Å². The van der Waals surface area contributed by atoms with E-state index >= 15 is 0 Å². The lowest BCUT2D eigenvalue weighted by atomic mass is 9.57. The van der Waals surface area contributed by atoms with Gasteiger partial charge < -0.3 is 9.84 Å². The van der Waals surface area contributed by atoms with Gasteiger partial charge in [0, 0.05) is 22.7 Å². The minimum atomic E-state index is -0.737. The van der Waals surface area contributed by atoms with E-state index in [9.17, 15) is 9.90 Å². The second-order valence-electron chi connectivity index (χ2n) is 11.9. The van der Waals surface area contributed by atoms with Crippen LogP contribution >= 0.6 is 0 Å². The third kappa shape index (κ3) is 3.49. The van der Waals surface area contributed by atoms with Gasteiger partial charge in [0.2, 0.25) is 0 Å². The highest BCUT2D eigenvalue weighted by Crippen LogP contribution is 2.62. The van der Waals surface area contributed by atoms with E-state index in [1.165, 1.54) is 44.5 Å². The van der Waals surface area contributed by atoms with E-state index in [0.29, 0.717) is 19.6 Å². The number of hydrogen-bond acceptors (Lipinski definition) is 2. The highest BCUT2D eigenvalue weighted by Gasteiger charge is 2.55. The molecule has 0 bridgehead atoms. The molecule has 0 aromatic heterocycles. The van der Waals surface area contributed by atoms with E-state index in [-0.39, 0.29) is 22.7 Å². The van der Waals surface area contributed by atoms with Crippen LogP contribution < -0.4 is 0 Å². The van der Waals surface area contributed by atoms with E-state index in [1.807, 2.05) is 0 Å². The summed E-state index contributed by atoms with van der Waals surface area (Å²) in [7, 11) is 0. The number of hydrogen-bond donors (Lipinski definition) is 1. The zero-order chi connectivity index (χ0) is 26.7. The first-order chi connectivity index (χ1) is 19.0. The van der Waals surface area contributed by atoms with Gasteiger partial charge in [-0.1, -0.05) is 104 Å². The van der Waals surface area contributed by atoms with Gasteiger partial charge in [-0.2, -0.15) is 0 Å². The summed E-state index contributed by atoms with van der Waals surface area (Å²) in [6, 6.07) is 35.2. The fourth-order valence-electron chi connectivity index (χ4n) is 8.33. The Labute approximate surface area is 230 Å². The number of carboxylic acid groups (broad SMARTS) is 1. The molecule has 1 heterocycles. The van der Waals surface area contributed by atoms with Crippen molar-refractivity contribution in [3.8, 4) is 22.3 Å². The third-order valence-electron chi connectivity index (χ3n) is 9.89. The van der Waals surface area contributed by atoms with Gasteiger partial charge >= 0.3 is 5.97 Å². The monoisotopic (exact) mass is 514 g/mol. The largest absolute Gasteiger partial charge is 0.481 e. The van der Waals surface area contributed by atoms with Crippen LogP contribution in [0.1, 0.15) is 61.3 Å². The Balaban J connectivity index is 1.38. The highest BCUT2D eigenvalue weighted by atomic mass is 16.5. The van der Waals surface area contributed by atoms with E-state index in [1.54, 1.807) is 0 Å². The predicted octanol–water partition coefficient (Wildman–Crippen LogP) is 7.99. The lowest BCUT2D eigenvalue weighted by molar-refractivity contribution is -0.141. The second-order valence-corrected chi connectivity index (χ2v) is 11.9. The molecule has 0 amide bonds. The first-order valence-electron chi connectivity index (χ1n) is 14.2. The molecule has 3 nitrogen and oxygen atoms in total. The standard InChI is InChI=1S/C36H34O3/c1-2-35(29-15-7-3-11-25(29)26-12-4-8-16-30(26)35)21-34(23-39-24-34)22-36(20-19-33(37)38)31-17-9-5-13-27(31)28-14-6-10-18-32(28)36/h3-18H,2,19-24H2,1H3,(H,37,38). The molecular weight excluding hydrogens is 480 g/mol. The lowest BCUT2D eigenvalue weighted by Crippen LogP contribution is -2.51. The molecule has 196 valence electrons. The Morgan fingerprint density at radius 1 is 0.667 bits per heavy atom. The molecule has 39 heavy (non-hydrogen) atoms. The Kier molecular flexibility index (Phi) is 5.57. The van der Waals surface area contributed by atoms with Crippen LogP contribution in [0, 0.1) is 5.41 Å². The molecule has 0 atom stereocenters. The SMILES string of the molecule is CCC1(CC2(CC3(CCC(=O)O)c4ccccc4-c4ccccc43)COC2)c2ccccc2-c2ccccc21. The smallest absolute Gasteiger partial charge is 0.303 e. The average Bonchev–Trinajstić information content (AvgIpc) is 3.39. The van der Waals surface area contributed by atoms with Crippen LogP contribution in [0.5, 0.6) is 0 Å². The van der Waals surface area contributed by atoms with Crippen LogP contribution in [0.3, 0.4) is 0 Å². The van der Waals surface area contributed by atoms with Crippen LogP contribution in [0.4, 0.5) is 0 Å². The van der Waals surface area contributed by atoms with Crippen molar-refractivity contribution in [2.75, 3.05) is 13.2 Å². The molecule has 3 aliphatic rings. The summed E-state index contributed by atoms with van der Waals surface area (Å²) in [5.41, 5.74) is 10.1. The fraction of sp³-hybridized carbons (Fsp3) is 0.306.